The van der Waals surface area contributed by atoms with Crippen molar-refractivity contribution in [3.05, 3.63) is 29.6 Å². The molecule has 3 nitrogen and oxygen atoms in total. The molecule has 1 fully saturated rings. The molecular weight excluding hydrogens is 245 g/mol. The maximum atomic E-state index is 13.6. The van der Waals surface area contributed by atoms with Crippen LogP contribution in [0.1, 0.15) is 25.3 Å². The van der Waals surface area contributed by atoms with Gasteiger partial charge in [0.1, 0.15) is 5.78 Å². The number of carbonyl (C=O) groups is 1. The third-order valence-corrected chi connectivity index (χ3v) is 3.70. The maximum Gasteiger partial charge on any atom is 0.165 e. The summed E-state index contributed by atoms with van der Waals surface area (Å²) in [6.07, 6.45) is 2.01. The van der Waals surface area contributed by atoms with Gasteiger partial charge in [0.05, 0.1) is 7.11 Å². The summed E-state index contributed by atoms with van der Waals surface area (Å²) in [6.45, 7) is 4.09. The minimum atomic E-state index is -0.333. The number of nitrogens with zero attached hydrogens (tertiary/aromatic N) is 1. The number of piperidine rings is 1. The van der Waals surface area contributed by atoms with E-state index in [2.05, 4.69) is 4.90 Å². The molecule has 1 aromatic carbocycles. The van der Waals surface area contributed by atoms with Gasteiger partial charge in [0.2, 0.25) is 0 Å². The molecule has 2 rings (SSSR count). The number of Topliss-reactive ketones (excluding diaryl/α,β-unsaturated/α-hetero) is 1. The van der Waals surface area contributed by atoms with Crippen LogP contribution >= 0.6 is 0 Å². The number of methoxy groups -OCH3 is 1. The lowest BCUT2D eigenvalue weighted by Gasteiger charge is -2.31. The number of hydrogen-bond acceptors (Lipinski definition) is 3. The summed E-state index contributed by atoms with van der Waals surface area (Å²) in [5, 5.41) is 0. The van der Waals surface area contributed by atoms with E-state index < -0.39 is 0 Å². The van der Waals surface area contributed by atoms with Crippen LogP contribution in [0.15, 0.2) is 18.2 Å². The van der Waals surface area contributed by atoms with Gasteiger partial charge in [-0.15, -0.1) is 0 Å². The molecule has 0 spiro atoms. The number of ketones is 1. The van der Waals surface area contributed by atoms with Crippen LogP contribution in [0.2, 0.25) is 0 Å². The Kier molecular flexibility index (Phi) is 4.53. The lowest BCUT2D eigenvalue weighted by Crippen LogP contribution is -2.37. The second-order valence-electron chi connectivity index (χ2n) is 5.15. The van der Waals surface area contributed by atoms with Gasteiger partial charge in [-0.1, -0.05) is 6.07 Å². The Balaban J connectivity index is 2.00. The lowest BCUT2D eigenvalue weighted by molar-refractivity contribution is -0.122. The Morgan fingerprint density at radius 1 is 1.53 bits per heavy atom. The lowest BCUT2D eigenvalue weighted by atomic mass is 9.94. The van der Waals surface area contributed by atoms with Crippen LogP contribution < -0.4 is 4.74 Å². The van der Waals surface area contributed by atoms with E-state index >= 15 is 0 Å². The molecule has 1 aliphatic heterocycles. The fourth-order valence-corrected chi connectivity index (χ4v) is 2.60. The van der Waals surface area contributed by atoms with Gasteiger partial charge in [0, 0.05) is 19.0 Å². The number of hydrogen-bond donors (Lipinski definition) is 0. The number of likely N-dealkylation sites (tertiary alicyclic amines) is 1. The van der Waals surface area contributed by atoms with Crippen LogP contribution in [0.3, 0.4) is 0 Å². The third-order valence-electron chi connectivity index (χ3n) is 3.70. The van der Waals surface area contributed by atoms with Gasteiger partial charge < -0.3 is 4.74 Å². The first-order chi connectivity index (χ1) is 9.10. The Bertz CT molecular complexity index is 461. The Morgan fingerprint density at radius 2 is 2.32 bits per heavy atom. The van der Waals surface area contributed by atoms with E-state index in [0.29, 0.717) is 6.54 Å². The highest BCUT2D eigenvalue weighted by molar-refractivity contribution is 5.78. The van der Waals surface area contributed by atoms with E-state index in [-0.39, 0.29) is 23.3 Å². The molecule has 1 aromatic rings. The van der Waals surface area contributed by atoms with Crippen molar-refractivity contribution < 1.29 is 13.9 Å². The van der Waals surface area contributed by atoms with E-state index in [1.807, 2.05) is 6.07 Å². The fraction of sp³-hybridized carbons (Fsp3) is 0.533. The van der Waals surface area contributed by atoms with Gasteiger partial charge in [0.15, 0.2) is 11.6 Å². The second-order valence-corrected chi connectivity index (χ2v) is 5.15. The van der Waals surface area contributed by atoms with E-state index in [4.69, 9.17) is 4.74 Å². The minimum Gasteiger partial charge on any atom is -0.494 e. The average Bonchev–Trinajstić information content (AvgIpc) is 2.39. The van der Waals surface area contributed by atoms with Crippen molar-refractivity contribution in [1.82, 2.24) is 4.90 Å². The summed E-state index contributed by atoms with van der Waals surface area (Å²) in [5.41, 5.74) is 0.919. The summed E-state index contributed by atoms with van der Waals surface area (Å²) < 4.78 is 18.5. The maximum absolute atomic E-state index is 13.6. The quantitative estimate of drug-likeness (QED) is 0.838. The van der Waals surface area contributed by atoms with Crippen molar-refractivity contribution in [2.45, 2.75) is 26.3 Å². The van der Waals surface area contributed by atoms with Gasteiger partial charge in [-0.3, -0.25) is 9.69 Å². The smallest absolute Gasteiger partial charge is 0.165 e. The van der Waals surface area contributed by atoms with E-state index in [9.17, 15) is 9.18 Å². The van der Waals surface area contributed by atoms with Crippen molar-refractivity contribution in [2.24, 2.45) is 5.92 Å². The molecule has 0 radical (unpaired) electrons. The summed E-state index contributed by atoms with van der Waals surface area (Å²) in [4.78, 5) is 13.7. The van der Waals surface area contributed by atoms with Crippen molar-refractivity contribution in [1.29, 1.82) is 0 Å². The topological polar surface area (TPSA) is 29.5 Å². The molecule has 1 unspecified atom stereocenters. The molecule has 104 valence electrons. The van der Waals surface area contributed by atoms with Gasteiger partial charge in [-0.05, 0) is 44.0 Å². The van der Waals surface area contributed by atoms with Crippen molar-refractivity contribution in [3.8, 4) is 5.75 Å². The first kappa shape index (κ1) is 14.0. The van der Waals surface area contributed by atoms with Gasteiger partial charge >= 0.3 is 0 Å². The van der Waals surface area contributed by atoms with Gasteiger partial charge in [-0.2, -0.15) is 0 Å². The molecule has 4 heteroatoms. The summed E-state index contributed by atoms with van der Waals surface area (Å²) in [7, 11) is 1.46. The number of carbonyl (C=O) groups excluding carboxylic acids is 1. The molecular formula is C15H20FNO2. The zero-order chi connectivity index (χ0) is 13.8. The molecule has 1 heterocycles. The summed E-state index contributed by atoms with van der Waals surface area (Å²) in [6, 6.07) is 5.03. The monoisotopic (exact) mass is 265 g/mol. The number of halogens is 1. The van der Waals surface area contributed by atoms with Gasteiger partial charge in [-0.25, -0.2) is 4.39 Å². The highest BCUT2D eigenvalue weighted by Crippen LogP contribution is 2.22. The van der Waals surface area contributed by atoms with Crippen LogP contribution in [0, 0.1) is 11.7 Å². The number of rotatable bonds is 4. The highest BCUT2D eigenvalue weighted by atomic mass is 19.1. The predicted molar refractivity (Wildman–Crippen MR) is 71.6 cm³/mol. The molecule has 0 amide bonds. The molecule has 0 bridgehead atoms. The van der Waals surface area contributed by atoms with E-state index in [1.165, 1.54) is 13.2 Å². The van der Waals surface area contributed by atoms with Crippen LogP contribution in [-0.2, 0) is 11.3 Å². The molecule has 1 atom stereocenters. The standard InChI is InChI=1S/C15H20FNO2/c1-11(18)13-4-3-7-17(10-13)9-12-5-6-15(19-2)14(16)8-12/h5-6,8,13H,3-4,7,9-10H2,1-2H3. The molecule has 19 heavy (non-hydrogen) atoms. The Labute approximate surface area is 113 Å². The van der Waals surface area contributed by atoms with Gasteiger partial charge in [0.25, 0.3) is 0 Å². The fourth-order valence-electron chi connectivity index (χ4n) is 2.60. The van der Waals surface area contributed by atoms with Crippen molar-refractivity contribution >= 4 is 5.78 Å². The predicted octanol–water partition coefficient (Wildman–Crippen LogP) is 2.64. The van der Waals surface area contributed by atoms with Crippen LogP contribution in [-0.4, -0.2) is 30.9 Å². The normalized spacial score (nSPS) is 20.3. The molecule has 0 N–H and O–H groups in total. The molecule has 0 saturated carbocycles. The third kappa shape index (κ3) is 3.53. The Morgan fingerprint density at radius 3 is 2.95 bits per heavy atom. The van der Waals surface area contributed by atoms with E-state index in [0.717, 1.165) is 31.5 Å². The van der Waals surface area contributed by atoms with Crippen LogP contribution in [0.5, 0.6) is 5.75 Å². The minimum absolute atomic E-state index is 0.136. The zero-order valence-electron chi connectivity index (χ0n) is 11.5. The largest absolute Gasteiger partial charge is 0.494 e. The number of benzene rings is 1. The molecule has 1 aliphatic rings. The second kappa shape index (κ2) is 6.15. The SMILES string of the molecule is COc1ccc(CN2CCCC(C(C)=O)C2)cc1F. The summed E-state index contributed by atoms with van der Waals surface area (Å²) in [5.74, 6) is 0.326. The Hall–Kier alpha value is -1.42. The van der Waals surface area contributed by atoms with Crippen molar-refractivity contribution in [2.75, 3.05) is 20.2 Å². The first-order valence-electron chi connectivity index (χ1n) is 6.65. The summed E-state index contributed by atoms with van der Waals surface area (Å²) >= 11 is 0. The van der Waals surface area contributed by atoms with E-state index in [1.54, 1.807) is 13.0 Å². The molecule has 0 aliphatic carbocycles. The van der Waals surface area contributed by atoms with Crippen LogP contribution in [0.25, 0.3) is 0 Å². The zero-order valence-corrected chi connectivity index (χ0v) is 11.5. The highest BCUT2D eigenvalue weighted by Gasteiger charge is 2.23. The molecule has 1 saturated heterocycles. The van der Waals surface area contributed by atoms with Crippen LogP contribution in [0.4, 0.5) is 4.39 Å². The first-order valence-corrected chi connectivity index (χ1v) is 6.65. The average molecular weight is 265 g/mol. The van der Waals surface area contributed by atoms with Crippen molar-refractivity contribution in [3.63, 3.8) is 0 Å². The molecule has 0 aromatic heterocycles. The number of ether oxygens (including phenoxy) is 1.